The highest BCUT2D eigenvalue weighted by Crippen LogP contribution is 2.10. The summed E-state index contributed by atoms with van der Waals surface area (Å²) in [7, 11) is 0. The van der Waals surface area contributed by atoms with E-state index in [0.717, 1.165) is 0 Å². The van der Waals surface area contributed by atoms with Crippen molar-refractivity contribution >= 4 is 35.1 Å². The van der Waals surface area contributed by atoms with E-state index in [2.05, 4.69) is 10.2 Å². The van der Waals surface area contributed by atoms with Gasteiger partial charge in [-0.3, -0.25) is 24.1 Å². The zero-order chi connectivity index (χ0) is 22.1. The predicted molar refractivity (Wildman–Crippen MR) is 118 cm³/mol. The molecule has 1 aromatic rings. The van der Waals surface area contributed by atoms with Crippen LogP contribution in [-0.2, 0) is 9.59 Å². The Morgan fingerprint density at radius 1 is 1.07 bits per heavy atom. The average molecular weight is 435 g/mol. The predicted octanol–water partition coefficient (Wildman–Crippen LogP) is 0.413. The van der Waals surface area contributed by atoms with Crippen LogP contribution in [0, 0.1) is 0 Å². The van der Waals surface area contributed by atoms with Gasteiger partial charge in [0.1, 0.15) is 5.78 Å². The molecule has 0 bridgehead atoms. The molecule has 1 saturated heterocycles. The zero-order valence-electron chi connectivity index (χ0n) is 17.6. The summed E-state index contributed by atoms with van der Waals surface area (Å²) < 4.78 is 0. The number of hydrogen-bond donors (Lipinski definition) is 2. The van der Waals surface area contributed by atoms with Crippen LogP contribution in [0.25, 0.3) is 0 Å². The SMILES string of the molecule is CC(=O)CSCC(N)C(=O)N1CCN(CCNC(=O)c2ccccc2C(C)=O)CC1. The number of carbonyl (C=O) groups is 4. The van der Waals surface area contributed by atoms with E-state index in [9.17, 15) is 19.2 Å². The van der Waals surface area contributed by atoms with Crippen molar-refractivity contribution in [3.05, 3.63) is 35.4 Å². The van der Waals surface area contributed by atoms with Crippen molar-refractivity contribution < 1.29 is 19.2 Å². The third-order valence-corrected chi connectivity index (χ3v) is 6.07. The first-order valence-electron chi connectivity index (χ1n) is 10.0. The summed E-state index contributed by atoms with van der Waals surface area (Å²) in [4.78, 5) is 51.4. The van der Waals surface area contributed by atoms with Crippen molar-refractivity contribution in [2.24, 2.45) is 5.73 Å². The maximum Gasteiger partial charge on any atom is 0.252 e. The van der Waals surface area contributed by atoms with Gasteiger partial charge in [-0.15, -0.1) is 0 Å². The Hall–Kier alpha value is -2.23. The summed E-state index contributed by atoms with van der Waals surface area (Å²) in [6.45, 7) is 6.68. The number of benzene rings is 1. The smallest absolute Gasteiger partial charge is 0.252 e. The van der Waals surface area contributed by atoms with Gasteiger partial charge in [0.2, 0.25) is 5.91 Å². The molecule has 1 heterocycles. The van der Waals surface area contributed by atoms with E-state index >= 15 is 0 Å². The molecule has 2 amide bonds. The largest absolute Gasteiger partial charge is 0.351 e. The first-order chi connectivity index (χ1) is 14.3. The Balaban J connectivity index is 1.71. The number of thioether (sulfide) groups is 1. The molecule has 1 fully saturated rings. The number of ketones is 2. The summed E-state index contributed by atoms with van der Waals surface area (Å²) >= 11 is 1.38. The van der Waals surface area contributed by atoms with Gasteiger partial charge in [0.05, 0.1) is 17.4 Å². The number of Topliss-reactive ketones (excluding diaryl/α,β-unsaturated/α-hetero) is 2. The molecule has 0 spiro atoms. The quantitative estimate of drug-likeness (QED) is 0.513. The van der Waals surface area contributed by atoms with E-state index in [1.54, 1.807) is 29.2 Å². The topological polar surface area (TPSA) is 113 Å². The normalized spacial score (nSPS) is 15.5. The Morgan fingerprint density at radius 2 is 1.70 bits per heavy atom. The molecule has 0 radical (unpaired) electrons. The van der Waals surface area contributed by atoms with Gasteiger partial charge >= 0.3 is 0 Å². The minimum Gasteiger partial charge on any atom is -0.351 e. The molecule has 1 unspecified atom stereocenters. The fourth-order valence-electron chi connectivity index (χ4n) is 3.24. The maximum atomic E-state index is 12.4. The van der Waals surface area contributed by atoms with Crippen molar-refractivity contribution in [2.45, 2.75) is 19.9 Å². The maximum absolute atomic E-state index is 12.4. The van der Waals surface area contributed by atoms with Crippen molar-refractivity contribution in [3.63, 3.8) is 0 Å². The van der Waals surface area contributed by atoms with E-state index in [1.807, 2.05) is 0 Å². The molecular weight excluding hydrogens is 404 g/mol. The first kappa shape index (κ1) is 24.0. The van der Waals surface area contributed by atoms with Crippen LogP contribution in [0.1, 0.15) is 34.6 Å². The lowest BCUT2D eigenvalue weighted by Crippen LogP contribution is -2.54. The first-order valence-corrected chi connectivity index (χ1v) is 11.2. The van der Waals surface area contributed by atoms with Crippen LogP contribution >= 0.6 is 11.8 Å². The van der Waals surface area contributed by atoms with E-state index < -0.39 is 6.04 Å². The number of nitrogens with one attached hydrogen (secondary N) is 1. The lowest BCUT2D eigenvalue weighted by molar-refractivity contribution is -0.133. The van der Waals surface area contributed by atoms with Crippen molar-refractivity contribution in [1.82, 2.24) is 15.1 Å². The number of amides is 2. The molecule has 164 valence electrons. The number of nitrogens with two attached hydrogens (primary N) is 1. The molecule has 8 nitrogen and oxygen atoms in total. The molecule has 1 aliphatic rings. The van der Waals surface area contributed by atoms with E-state index in [4.69, 9.17) is 5.73 Å². The average Bonchev–Trinajstić information content (AvgIpc) is 2.73. The molecule has 0 saturated carbocycles. The monoisotopic (exact) mass is 434 g/mol. The van der Waals surface area contributed by atoms with E-state index in [0.29, 0.717) is 61.9 Å². The van der Waals surface area contributed by atoms with Crippen molar-refractivity contribution in [2.75, 3.05) is 50.8 Å². The molecule has 1 aliphatic heterocycles. The summed E-state index contributed by atoms with van der Waals surface area (Å²) in [6, 6.07) is 6.18. The minimum absolute atomic E-state index is 0.0742. The second kappa shape index (κ2) is 11.8. The number of carbonyl (C=O) groups excluding carboxylic acids is 4. The van der Waals surface area contributed by atoms with Crippen LogP contribution < -0.4 is 11.1 Å². The molecule has 30 heavy (non-hydrogen) atoms. The van der Waals surface area contributed by atoms with Crippen LogP contribution in [-0.4, -0.2) is 90.0 Å². The lowest BCUT2D eigenvalue weighted by atomic mass is 10.0. The summed E-state index contributed by atoms with van der Waals surface area (Å²) in [5.41, 5.74) is 6.77. The molecular formula is C21H30N4O4S. The van der Waals surface area contributed by atoms with E-state index in [-0.39, 0.29) is 23.4 Å². The number of piperazine rings is 1. The Bertz CT molecular complexity index is 778. The Kier molecular flexibility index (Phi) is 9.48. The fraction of sp³-hybridized carbons (Fsp3) is 0.524. The highest BCUT2D eigenvalue weighted by atomic mass is 32.2. The highest BCUT2D eigenvalue weighted by Gasteiger charge is 2.25. The van der Waals surface area contributed by atoms with Crippen LogP contribution in [0.5, 0.6) is 0 Å². The van der Waals surface area contributed by atoms with Gasteiger partial charge in [-0.2, -0.15) is 11.8 Å². The van der Waals surface area contributed by atoms with Crippen LogP contribution in [0.3, 0.4) is 0 Å². The van der Waals surface area contributed by atoms with Crippen LogP contribution in [0.15, 0.2) is 24.3 Å². The molecule has 3 N–H and O–H groups in total. The van der Waals surface area contributed by atoms with Gasteiger partial charge in [-0.25, -0.2) is 0 Å². The van der Waals surface area contributed by atoms with Crippen molar-refractivity contribution in [1.29, 1.82) is 0 Å². The van der Waals surface area contributed by atoms with Gasteiger partial charge in [0.25, 0.3) is 5.91 Å². The fourth-order valence-corrected chi connectivity index (χ4v) is 4.04. The van der Waals surface area contributed by atoms with Crippen molar-refractivity contribution in [3.8, 4) is 0 Å². The van der Waals surface area contributed by atoms with Crippen LogP contribution in [0.4, 0.5) is 0 Å². The van der Waals surface area contributed by atoms with Gasteiger partial charge in [-0.1, -0.05) is 18.2 Å². The summed E-state index contributed by atoms with van der Waals surface area (Å²) in [5, 5.41) is 2.86. The van der Waals surface area contributed by atoms with Crippen LogP contribution in [0.2, 0.25) is 0 Å². The molecule has 0 aromatic heterocycles. The molecule has 1 aromatic carbocycles. The molecule has 1 atom stereocenters. The summed E-state index contributed by atoms with van der Waals surface area (Å²) in [6.07, 6.45) is 0. The third-order valence-electron chi connectivity index (χ3n) is 4.87. The Labute approximate surface area is 181 Å². The highest BCUT2D eigenvalue weighted by molar-refractivity contribution is 8.00. The second-order valence-corrected chi connectivity index (χ2v) is 8.38. The Morgan fingerprint density at radius 3 is 2.30 bits per heavy atom. The second-order valence-electron chi connectivity index (χ2n) is 7.35. The standard InChI is InChI=1S/C21H30N4O4S/c1-15(26)13-30-14-19(22)21(29)25-11-9-24(10-12-25)8-7-23-20(28)18-6-4-3-5-17(18)16(2)27/h3-6,19H,7-14,22H2,1-2H3,(H,23,28). The zero-order valence-corrected chi connectivity index (χ0v) is 18.4. The van der Waals surface area contributed by atoms with Gasteiger partial charge in [0.15, 0.2) is 5.78 Å². The number of nitrogens with zero attached hydrogens (tertiary/aromatic N) is 2. The molecule has 9 heteroatoms. The van der Waals surface area contributed by atoms with E-state index in [1.165, 1.54) is 25.6 Å². The molecule has 0 aliphatic carbocycles. The summed E-state index contributed by atoms with van der Waals surface area (Å²) in [5.74, 6) is 0.400. The van der Waals surface area contributed by atoms with Gasteiger partial charge in [0, 0.05) is 50.6 Å². The number of hydrogen-bond acceptors (Lipinski definition) is 7. The number of rotatable bonds is 10. The lowest BCUT2D eigenvalue weighted by Gasteiger charge is -2.35. The van der Waals surface area contributed by atoms with Gasteiger partial charge < -0.3 is 16.0 Å². The molecule has 2 rings (SSSR count). The third kappa shape index (κ3) is 7.23. The van der Waals surface area contributed by atoms with Gasteiger partial charge in [-0.05, 0) is 19.9 Å². The minimum atomic E-state index is -0.596.